The quantitative estimate of drug-likeness (QED) is 0.519. The largest absolute Gasteiger partial charge is 0.537 e. The van der Waals surface area contributed by atoms with Gasteiger partial charge in [-0.25, -0.2) is 13.2 Å². The minimum Gasteiger partial charge on any atom is -0.370 e. The molecule has 2 aromatic rings. The first kappa shape index (κ1) is 19.6. The normalized spacial score (nSPS) is 11.8. The van der Waals surface area contributed by atoms with Gasteiger partial charge in [0.2, 0.25) is 0 Å². The molecule has 3 nitrogen and oxygen atoms in total. The van der Waals surface area contributed by atoms with Gasteiger partial charge in [-0.1, -0.05) is 24.3 Å². The minimum absolute atomic E-state index is 0.249. The Morgan fingerprint density at radius 1 is 0.720 bits per heavy atom. The van der Waals surface area contributed by atoms with Gasteiger partial charge in [0.1, 0.15) is 0 Å². The molecule has 2 aromatic carbocycles. The summed E-state index contributed by atoms with van der Waals surface area (Å²) >= 11 is 0. The molecule has 0 aliphatic rings. The van der Waals surface area contributed by atoms with Crippen LogP contribution >= 0.6 is 0 Å². The molecule has 7 heteroatoms. The lowest BCUT2D eigenvalue weighted by molar-refractivity contribution is 0.0859. The summed E-state index contributed by atoms with van der Waals surface area (Å²) in [6.45, 7) is 6.88. The summed E-state index contributed by atoms with van der Waals surface area (Å²) in [6, 6.07) is 8.79. The van der Waals surface area contributed by atoms with Crippen molar-refractivity contribution < 1.29 is 26.4 Å². The topological polar surface area (TPSA) is 27.7 Å². The molecule has 0 unspecified atom stereocenters. The maximum absolute atomic E-state index is 13.4. The lowest BCUT2D eigenvalue weighted by Crippen LogP contribution is -2.56. The lowest BCUT2D eigenvalue weighted by atomic mass is 10.1. The van der Waals surface area contributed by atoms with Gasteiger partial charge in [-0.2, -0.15) is 0 Å². The zero-order valence-electron chi connectivity index (χ0n) is 14.4. The van der Waals surface area contributed by atoms with Gasteiger partial charge in [-0.15, -0.1) is 0 Å². The monoisotopic (exact) mass is 370 g/mol. The highest BCUT2D eigenvalue weighted by Crippen LogP contribution is 2.24. The standard InChI is InChI=1S/C18H21F3O3Si/c1-4-22-25(23-5-2,24-6-3)15-9-7-13(8-10-15)14-11-16(19)18(21)17(20)12-14/h7-12H,4-6H2,1-3H3. The van der Waals surface area contributed by atoms with E-state index in [0.29, 0.717) is 25.4 Å². The summed E-state index contributed by atoms with van der Waals surface area (Å²) < 4.78 is 57.4. The Balaban J connectivity index is 2.40. The van der Waals surface area contributed by atoms with E-state index >= 15 is 0 Å². The van der Waals surface area contributed by atoms with E-state index in [4.69, 9.17) is 13.3 Å². The van der Waals surface area contributed by atoms with E-state index in [-0.39, 0.29) is 5.56 Å². The molecule has 0 saturated heterocycles. The van der Waals surface area contributed by atoms with E-state index in [2.05, 4.69) is 0 Å². The van der Waals surface area contributed by atoms with Crippen molar-refractivity contribution in [3.05, 3.63) is 53.8 Å². The third-order valence-electron chi connectivity index (χ3n) is 3.56. The molecule has 0 spiro atoms. The molecule has 136 valence electrons. The number of benzene rings is 2. The minimum atomic E-state index is -3.03. The Labute approximate surface area is 146 Å². The zero-order chi connectivity index (χ0) is 18.4. The average molecular weight is 370 g/mol. The molecular formula is C18H21F3O3Si. The molecule has 0 aromatic heterocycles. The molecule has 0 N–H and O–H groups in total. The second kappa shape index (κ2) is 8.62. The Hall–Kier alpha value is -1.67. The molecule has 0 bridgehead atoms. The number of halogens is 3. The van der Waals surface area contributed by atoms with Crippen molar-refractivity contribution in [2.24, 2.45) is 0 Å². The van der Waals surface area contributed by atoms with Crippen molar-refractivity contribution in [1.82, 2.24) is 0 Å². The first-order chi connectivity index (χ1) is 12.0. The van der Waals surface area contributed by atoms with E-state index in [1.165, 1.54) is 0 Å². The first-order valence-corrected chi connectivity index (χ1v) is 9.87. The van der Waals surface area contributed by atoms with Crippen LogP contribution in [0.25, 0.3) is 11.1 Å². The Morgan fingerprint density at radius 2 is 1.16 bits per heavy atom. The van der Waals surface area contributed by atoms with Crippen LogP contribution in [0.2, 0.25) is 0 Å². The molecule has 0 heterocycles. The van der Waals surface area contributed by atoms with Gasteiger partial charge in [0, 0.05) is 25.0 Å². The van der Waals surface area contributed by atoms with E-state index < -0.39 is 26.3 Å². The van der Waals surface area contributed by atoms with Crippen LogP contribution in [0.3, 0.4) is 0 Å². The van der Waals surface area contributed by atoms with Gasteiger partial charge in [-0.05, 0) is 44.0 Å². The Bertz CT molecular complexity index is 667. The fraction of sp³-hybridized carbons (Fsp3) is 0.333. The molecule has 0 aliphatic heterocycles. The smallest absolute Gasteiger partial charge is 0.370 e. The second-order valence-corrected chi connectivity index (χ2v) is 7.74. The van der Waals surface area contributed by atoms with Crippen molar-refractivity contribution in [3.8, 4) is 11.1 Å². The summed E-state index contributed by atoms with van der Waals surface area (Å²) in [5, 5.41) is 0.754. The van der Waals surface area contributed by atoms with Crippen LogP contribution in [0.15, 0.2) is 36.4 Å². The maximum Gasteiger partial charge on any atom is 0.537 e. The summed E-state index contributed by atoms with van der Waals surface area (Å²) in [5.74, 6) is -3.92. The van der Waals surface area contributed by atoms with Crippen LogP contribution < -0.4 is 5.19 Å². The highest BCUT2D eigenvalue weighted by atomic mass is 28.4. The SMILES string of the molecule is CCO[Si](OCC)(OCC)c1ccc(-c2cc(F)c(F)c(F)c2)cc1. The number of rotatable bonds is 8. The fourth-order valence-corrected chi connectivity index (χ4v) is 5.00. The summed E-state index contributed by atoms with van der Waals surface area (Å²) in [7, 11) is -3.03. The maximum atomic E-state index is 13.4. The molecule has 25 heavy (non-hydrogen) atoms. The molecular weight excluding hydrogens is 349 g/mol. The predicted molar refractivity (Wildman–Crippen MR) is 92.0 cm³/mol. The highest BCUT2D eigenvalue weighted by Gasteiger charge is 2.43. The third-order valence-corrected chi connectivity index (χ3v) is 6.61. The predicted octanol–water partition coefficient (Wildman–Crippen LogP) is 4.03. The summed E-state index contributed by atoms with van der Waals surface area (Å²) in [6.07, 6.45) is 0. The van der Waals surface area contributed by atoms with Gasteiger partial charge in [0.15, 0.2) is 17.5 Å². The van der Waals surface area contributed by atoms with Crippen LogP contribution in [-0.4, -0.2) is 28.6 Å². The Kier molecular flexibility index (Phi) is 6.77. The molecule has 2 rings (SSSR count). The van der Waals surface area contributed by atoms with Crippen LogP contribution in [0.4, 0.5) is 13.2 Å². The molecule has 0 aliphatic carbocycles. The van der Waals surface area contributed by atoms with Gasteiger partial charge in [0.05, 0.1) is 0 Å². The first-order valence-electron chi connectivity index (χ1n) is 8.14. The van der Waals surface area contributed by atoms with Crippen LogP contribution in [0.5, 0.6) is 0 Å². The highest BCUT2D eigenvalue weighted by molar-refractivity contribution is 6.75. The molecule has 0 saturated carbocycles. The van der Waals surface area contributed by atoms with Crippen molar-refractivity contribution in [3.63, 3.8) is 0 Å². The summed E-state index contributed by atoms with van der Waals surface area (Å²) in [4.78, 5) is 0. The van der Waals surface area contributed by atoms with Crippen LogP contribution in [0, 0.1) is 17.5 Å². The van der Waals surface area contributed by atoms with Crippen molar-refractivity contribution in [1.29, 1.82) is 0 Å². The molecule has 0 amide bonds. The summed E-state index contributed by atoms with van der Waals surface area (Å²) in [5.41, 5.74) is 0.799. The second-order valence-electron chi connectivity index (χ2n) is 5.19. The van der Waals surface area contributed by atoms with Gasteiger partial charge < -0.3 is 13.3 Å². The number of hydrogen-bond acceptors (Lipinski definition) is 3. The van der Waals surface area contributed by atoms with Crippen LogP contribution in [0.1, 0.15) is 20.8 Å². The van der Waals surface area contributed by atoms with E-state index in [0.717, 1.165) is 17.3 Å². The fourth-order valence-electron chi connectivity index (χ4n) is 2.53. The van der Waals surface area contributed by atoms with Crippen molar-refractivity contribution in [2.45, 2.75) is 20.8 Å². The number of hydrogen-bond donors (Lipinski definition) is 0. The average Bonchev–Trinajstić information content (AvgIpc) is 2.60. The van der Waals surface area contributed by atoms with E-state index in [1.54, 1.807) is 24.3 Å². The van der Waals surface area contributed by atoms with E-state index in [1.807, 2.05) is 20.8 Å². The van der Waals surface area contributed by atoms with Crippen molar-refractivity contribution in [2.75, 3.05) is 19.8 Å². The van der Waals surface area contributed by atoms with Crippen molar-refractivity contribution >= 4 is 14.0 Å². The third kappa shape index (κ3) is 4.30. The Morgan fingerprint density at radius 3 is 1.56 bits per heavy atom. The van der Waals surface area contributed by atoms with Gasteiger partial charge >= 0.3 is 8.80 Å². The zero-order valence-corrected chi connectivity index (χ0v) is 15.4. The molecule has 0 fully saturated rings. The molecule has 0 radical (unpaired) electrons. The lowest BCUT2D eigenvalue weighted by Gasteiger charge is -2.28. The van der Waals surface area contributed by atoms with Gasteiger partial charge in [-0.3, -0.25) is 0 Å². The molecule has 0 atom stereocenters. The van der Waals surface area contributed by atoms with Gasteiger partial charge in [0.25, 0.3) is 0 Å². The van der Waals surface area contributed by atoms with Crippen LogP contribution in [-0.2, 0) is 13.3 Å². The van der Waals surface area contributed by atoms with E-state index in [9.17, 15) is 13.2 Å².